The third-order valence-electron chi connectivity index (χ3n) is 3.42. The van der Waals surface area contributed by atoms with Crippen LogP contribution >= 0.6 is 0 Å². The number of hydrogen-bond acceptors (Lipinski definition) is 1. The van der Waals surface area contributed by atoms with Crippen LogP contribution in [0.4, 0.5) is 0 Å². The number of fused-ring (bicyclic) bond motifs is 1. The Bertz CT molecular complexity index is 386. The summed E-state index contributed by atoms with van der Waals surface area (Å²) in [5.74, 6) is 0.164. The average Bonchev–Trinajstić information content (AvgIpc) is 2.27. The van der Waals surface area contributed by atoms with Gasteiger partial charge in [-0.05, 0) is 30.4 Å². The van der Waals surface area contributed by atoms with Gasteiger partial charge in [-0.2, -0.15) is 0 Å². The maximum atomic E-state index is 11.8. The fraction of sp³-hybridized carbons (Fsp3) is 0.462. The van der Waals surface area contributed by atoms with Gasteiger partial charge in [0.1, 0.15) is 0 Å². The van der Waals surface area contributed by atoms with Crippen molar-refractivity contribution in [3.8, 4) is 0 Å². The van der Waals surface area contributed by atoms with Gasteiger partial charge >= 0.3 is 0 Å². The molecule has 15 heavy (non-hydrogen) atoms. The fourth-order valence-electron chi connectivity index (χ4n) is 2.39. The molecule has 0 heterocycles. The predicted molar refractivity (Wildman–Crippen MR) is 60.6 cm³/mol. The van der Waals surface area contributed by atoms with Crippen molar-refractivity contribution in [2.45, 2.75) is 26.2 Å². The molecule has 0 saturated carbocycles. The van der Waals surface area contributed by atoms with E-state index in [1.54, 1.807) is 7.05 Å². The lowest BCUT2D eigenvalue weighted by molar-refractivity contribution is -0.130. The fourth-order valence-corrected chi connectivity index (χ4v) is 2.39. The van der Waals surface area contributed by atoms with E-state index >= 15 is 0 Å². The number of hydrogen-bond donors (Lipinski definition) is 1. The molecule has 1 aliphatic rings. The van der Waals surface area contributed by atoms with E-state index in [0.29, 0.717) is 0 Å². The number of carbonyl (C=O) groups excluding carboxylic acids is 1. The van der Waals surface area contributed by atoms with Crippen LogP contribution in [0.15, 0.2) is 24.3 Å². The Labute approximate surface area is 90.7 Å². The van der Waals surface area contributed by atoms with Gasteiger partial charge in [-0.15, -0.1) is 0 Å². The lowest BCUT2D eigenvalue weighted by Gasteiger charge is -2.33. The van der Waals surface area contributed by atoms with Gasteiger partial charge in [-0.25, -0.2) is 0 Å². The minimum Gasteiger partial charge on any atom is -0.359 e. The second-order valence-corrected chi connectivity index (χ2v) is 4.59. The molecule has 0 saturated heterocycles. The smallest absolute Gasteiger partial charge is 0.226 e. The summed E-state index contributed by atoms with van der Waals surface area (Å²) in [4.78, 5) is 11.8. The van der Waals surface area contributed by atoms with E-state index in [9.17, 15) is 4.79 Å². The van der Waals surface area contributed by atoms with Crippen molar-refractivity contribution < 1.29 is 4.79 Å². The van der Waals surface area contributed by atoms with Gasteiger partial charge in [0, 0.05) is 7.05 Å². The Morgan fingerprint density at radius 1 is 1.33 bits per heavy atom. The van der Waals surface area contributed by atoms with Crippen molar-refractivity contribution in [1.82, 2.24) is 5.32 Å². The molecule has 0 radical (unpaired) electrons. The maximum absolute atomic E-state index is 11.8. The van der Waals surface area contributed by atoms with Crippen LogP contribution in [-0.2, 0) is 17.6 Å². The lowest BCUT2D eigenvalue weighted by Crippen LogP contribution is -2.41. The molecule has 0 aliphatic heterocycles. The summed E-state index contributed by atoms with van der Waals surface area (Å²) in [6, 6.07) is 8.42. The SMILES string of the molecule is CNC(=O)C1(C)CCc2ccccc2C1. The van der Waals surface area contributed by atoms with Crippen molar-refractivity contribution in [3.63, 3.8) is 0 Å². The summed E-state index contributed by atoms with van der Waals surface area (Å²) < 4.78 is 0. The zero-order valence-corrected chi connectivity index (χ0v) is 9.34. The highest BCUT2D eigenvalue weighted by molar-refractivity contribution is 5.82. The Morgan fingerprint density at radius 3 is 2.67 bits per heavy atom. The molecular weight excluding hydrogens is 186 g/mol. The molecule has 1 atom stereocenters. The molecule has 1 unspecified atom stereocenters. The summed E-state index contributed by atoms with van der Waals surface area (Å²) in [5, 5.41) is 2.77. The quantitative estimate of drug-likeness (QED) is 0.742. The van der Waals surface area contributed by atoms with Gasteiger partial charge in [-0.3, -0.25) is 4.79 Å². The summed E-state index contributed by atoms with van der Waals surface area (Å²) in [6.45, 7) is 2.06. The molecule has 1 aromatic rings. The zero-order valence-electron chi connectivity index (χ0n) is 9.34. The second kappa shape index (κ2) is 3.69. The Morgan fingerprint density at radius 2 is 2.00 bits per heavy atom. The van der Waals surface area contributed by atoms with Crippen LogP contribution in [-0.4, -0.2) is 13.0 Å². The third-order valence-corrected chi connectivity index (χ3v) is 3.42. The van der Waals surface area contributed by atoms with Gasteiger partial charge in [0.15, 0.2) is 0 Å². The largest absolute Gasteiger partial charge is 0.359 e. The Hall–Kier alpha value is -1.31. The number of nitrogens with one attached hydrogen (secondary N) is 1. The van der Waals surface area contributed by atoms with Crippen LogP contribution in [0.2, 0.25) is 0 Å². The number of carbonyl (C=O) groups is 1. The van der Waals surface area contributed by atoms with E-state index in [2.05, 4.69) is 36.5 Å². The molecule has 0 fully saturated rings. The monoisotopic (exact) mass is 203 g/mol. The highest BCUT2D eigenvalue weighted by Gasteiger charge is 2.35. The van der Waals surface area contributed by atoms with Gasteiger partial charge in [0.2, 0.25) is 5.91 Å². The molecule has 1 N–H and O–H groups in total. The van der Waals surface area contributed by atoms with Crippen molar-refractivity contribution in [2.75, 3.05) is 7.05 Å². The van der Waals surface area contributed by atoms with Crippen molar-refractivity contribution in [2.24, 2.45) is 5.41 Å². The van der Waals surface area contributed by atoms with Crippen molar-refractivity contribution in [1.29, 1.82) is 0 Å². The summed E-state index contributed by atoms with van der Waals surface area (Å²) in [7, 11) is 1.72. The van der Waals surface area contributed by atoms with Crippen LogP contribution in [0, 0.1) is 5.41 Å². The first-order chi connectivity index (χ1) is 7.15. The van der Waals surface area contributed by atoms with Gasteiger partial charge < -0.3 is 5.32 Å². The summed E-state index contributed by atoms with van der Waals surface area (Å²) >= 11 is 0. The molecule has 1 aliphatic carbocycles. The predicted octanol–water partition coefficient (Wildman–Crippen LogP) is 1.93. The van der Waals surface area contributed by atoms with Crippen LogP contribution in [0.5, 0.6) is 0 Å². The molecule has 0 bridgehead atoms. The second-order valence-electron chi connectivity index (χ2n) is 4.59. The number of rotatable bonds is 1. The van der Waals surface area contributed by atoms with E-state index in [1.807, 2.05) is 0 Å². The Kier molecular flexibility index (Phi) is 2.51. The van der Waals surface area contributed by atoms with E-state index in [4.69, 9.17) is 0 Å². The molecular formula is C13H17NO. The highest BCUT2D eigenvalue weighted by atomic mass is 16.2. The van der Waals surface area contributed by atoms with E-state index in [0.717, 1.165) is 19.3 Å². The van der Waals surface area contributed by atoms with Crippen molar-refractivity contribution >= 4 is 5.91 Å². The molecule has 1 amide bonds. The number of benzene rings is 1. The molecule has 80 valence electrons. The van der Waals surface area contributed by atoms with Gasteiger partial charge in [0.05, 0.1) is 5.41 Å². The minimum absolute atomic E-state index is 0.164. The van der Waals surface area contributed by atoms with Crippen LogP contribution in [0.25, 0.3) is 0 Å². The first-order valence-electron chi connectivity index (χ1n) is 5.45. The third kappa shape index (κ3) is 1.76. The van der Waals surface area contributed by atoms with Gasteiger partial charge in [0.25, 0.3) is 0 Å². The minimum atomic E-state index is -0.219. The van der Waals surface area contributed by atoms with Crippen LogP contribution in [0.1, 0.15) is 24.5 Å². The van der Waals surface area contributed by atoms with E-state index in [1.165, 1.54) is 11.1 Å². The first-order valence-corrected chi connectivity index (χ1v) is 5.45. The Balaban J connectivity index is 2.28. The van der Waals surface area contributed by atoms with Crippen molar-refractivity contribution in [3.05, 3.63) is 35.4 Å². The maximum Gasteiger partial charge on any atom is 0.226 e. The van der Waals surface area contributed by atoms with E-state index < -0.39 is 0 Å². The molecule has 2 nitrogen and oxygen atoms in total. The van der Waals surface area contributed by atoms with Crippen LogP contribution < -0.4 is 5.32 Å². The molecule has 1 aromatic carbocycles. The molecule has 2 rings (SSSR count). The normalized spacial score (nSPS) is 24.4. The van der Waals surface area contributed by atoms with Crippen LogP contribution in [0.3, 0.4) is 0 Å². The zero-order chi connectivity index (χ0) is 10.9. The summed E-state index contributed by atoms with van der Waals surface area (Å²) in [6.07, 6.45) is 2.83. The topological polar surface area (TPSA) is 29.1 Å². The highest BCUT2D eigenvalue weighted by Crippen LogP contribution is 2.35. The lowest BCUT2D eigenvalue weighted by atomic mass is 9.72. The first kappa shape index (κ1) is 10.2. The number of aryl methyl sites for hydroxylation is 1. The molecule has 0 aromatic heterocycles. The molecule has 0 spiro atoms. The van der Waals surface area contributed by atoms with E-state index in [-0.39, 0.29) is 11.3 Å². The standard InChI is InChI=1S/C13H17NO/c1-13(12(15)14-2)8-7-10-5-3-4-6-11(10)9-13/h3-6H,7-9H2,1-2H3,(H,14,15). The van der Waals surface area contributed by atoms with Gasteiger partial charge in [-0.1, -0.05) is 31.2 Å². The molecule has 2 heteroatoms. The average molecular weight is 203 g/mol. The summed E-state index contributed by atoms with van der Waals surface area (Å²) in [5.41, 5.74) is 2.51. The number of amides is 1.